The predicted molar refractivity (Wildman–Crippen MR) is 61.7 cm³/mol. The molecule has 1 heterocycles. The molecule has 18 heavy (non-hydrogen) atoms. The van der Waals surface area contributed by atoms with Gasteiger partial charge >= 0.3 is 11.9 Å². The minimum atomic E-state index is -0.341. The van der Waals surface area contributed by atoms with Crippen LogP contribution in [0.5, 0.6) is 0 Å². The zero-order valence-corrected chi connectivity index (χ0v) is 10.8. The monoisotopic (exact) mass is 260 g/mol. The van der Waals surface area contributed by atoms with Crippen LogP contribution in [-0.2, 0) is 28.5 Å². The second-order valence-corrected chi connectivity index (χ2v) is 4.36. The summed E-state index contributed by atoms with van der Waals surface area (Å²) in [6.45, 7) is 4.54. The lowest BCUT2D eigenvalue weighted by atomic mass is 10.2. The van der Waals surface area contributed by atoms with Crippen LogP contribution in [0.4, 0.5) is 0 Å². The lowest BCUT2D eigenvalue weighted by Gasteiger charge is -2.22. The van der Waals surface area contributed by atoms with E-state index in [9.17, 15) is 9.59 Å². The van der Waals surface area contributed by atoms with Gasteiger partial charge < -0.3 is 18.9 Å². The summed E-state index contributed by atoms with van der Waals surface area (Å²) in [4.78, 5) is 22.6. The molecule has 0 aliphatic carbocycles. The van der Waals surface area contributed by atoms with E-state index in [2.05, 4.69) is 0 Å². The van der Waals surface area contributed by atoms with Crippen molar-refractivity contribution in [2.75, 3.05) is 20.0 Å². The highest BCUT2D eigenvalue weighted by Crippen LogP contribution is 2.06. The van der Waals surface area contributed by atoms with Crippen LogP contribution >= 0.6 is 0 Å². The first kappa shape index (κ1) is 14.9. The molecule has 0 spiro atoms. The summed E-state index contributed by atoms with van der Waals surface area (Å²) < 4.78 is 20.1. The number of ether oxygens (including phenoxy) is 4. The van der Waals surface area contributed by atoms with Crippen LogP contribution < -0.4 is 0 Å². The average molecular weight is 260 g/mol. The van der Waals surface area contributed by atoms with Gasteiger partial charge in [-0.25, -0.2) is 0 Å². The number of rotatable bonds is 6. The molecule has 1 rings (SSSR count). The first-order chi connectivity index (χ1) is 8.58. The van der Waals surface area contributed by atoms with Crippen LogP contribution in [0.25, 0.3) is 0 Å². The lowest BCUT2D eigenvalue weighted by Crippen LogP contribution is -2.33. The Morgan fingerprint density at radius 3 is 2.39 bits per heavy atom. The maximum absolute atomic E-state index is 11.4. The van der Waals surface area contributed by atoms with Gasteiger partial charge in [-0.05, 0) is 20.3 Å². The standard InChI is InChI=1S/C12H20O6/c1-9(2)17-11(13)4-3-5-12(14)18-10-6-15-8-16-7-10/h9-10H,3-8H2,1-2H3. The summed E-state index contributed by atoms with van der Waals surface area (Å²) >= 11 is 0. The Kier molecular flexibility index (Phi) is 6.67. The smallest absolute Gasteiger partial charge is 0.306 e. The molecule has 0 radical (unpaired) electrons. The summed E-state index contributed by atoms with van der Waals surface area (Å²) in [6.07, 6.45) is 0.392. The van der Waals surface area contributed by atoms with E-state index in [0.717, 1.165) is 0 Å². The maximum Gasteiger partial charge on any atom is 0.306 e. The zero-order chi connectivity index (χ0) is 13.4. The zero-order valence-electron chi connectivity index (χ0n) is 10.8. The van der Waals surface area contributed by atoms with Crippen LogP contribution in [0.1, 0.15) is 33.1 Å². The highest BCUT2D eigenvalue weighted by Gasteiger charge is 2.18. The molecule has 0 amide bonds. The first-order valence-corrected chi connectivity index (χ1v) is 6.12. The maximum atomic E-state index is 11.4. The van der Waals surface area contributed by atoms with Gasteiger partial charge in [0.25, 0.3) is 0 Å². The van der Waals surface area contributed by atoms with Gasteiger partial charge in [-0.3, -0.25) is 9.59 Å². The molecule has 0 aromatic heterocycles. The van der Waals surface area contributed by atoms with Crippen LogP contribution in [0, 0.1) is 0 Å². The van der Waals surface area contributed by atoms with Crippen LogP contribution in [-0.4, -0.2) is 44.2 Å². The van der Waals surface area contributed by atoms with Gasteiger partial charge in [-0.2, -0.15) is 0 Å². The third-order valence-corrected chi connectivity index (χ3v) is 2.20. The SMILES string of the molecule is CC(C)OC(=O)CCCC(=O)OC1COCOC1. The van der Waals surface area contributed by atoms with Gasteiger partial charge in [0.15, 0.2) is 0 Å². The van der Waals surface area contributed by atoms with E-state index in [0.29, 0.717) is 19.6 Å². The van der Waals surface area contributed by atoms with Crippen molar-refractivity contribution in [3.8, 4) is 0 Å². The highest BCUT2D eigenvalue weighted by atomic mass is 16.7. The van der Waals surface area contributed by atoms with E-state index in [1.165, 1.54) is 0 Å². The van der Waals surface area contributed by atoms with E-state index in [1.807, 2.05) is 0 Å². The number of hydrogen-bond donors (Lipinski definition) is 0. The van der Waals surface area contributed by atoms with Crippen molar-refractivity contribution in [2.24, 2.45) is 0 Å². The number of esters is 2. The molecular weight excluding hydrogens is 240 g/mol. The normalized spacial score (nSPS) is 16.6. The lowest BCUT2D eigenvalue weighted by molar-refractivity contribution is -0.183. The quantitative estimate of drug-likeness (QED) is 0.664. The molecule has 0 aromatic rings. The third kappa shape index (κ3) is 6.56. The van der Waals surface area contributed by atoms with Gasteiger partial charge in [-0.15, -0.1) is 0 Å². The fourth-order valence-electron chi connectivity index (χ4n) is 1.48. The fraction of sp³-hybridized carbons (Fsp3) is 0.833. The molecule has 6 nitrogen and oxygen atoms in total. The largest absolute Gasteiger partial charge is 0.463 e. The van der Waals surface area contributed by atoms with Crippen LogP contribution in [0.3, 0.4) is 0 Å². The molecule has 1 fully saturated rings. The van der Waals surface area contributed by atoms with E-state index >= 15 is 0 Å². The molecular formula is C12H20O6. The van der Waals surface area contributed by atoms with Gasteiger partial charge in [0.1, 0.15) is 12.9 Å². The Balaban J connectivity index is 2.07. The Morgan fingerprint density at radius 2 is 1.78 bits per heavy atom. The minimum absolute atomic E-state index is 0.124. The first-order valence-electron chi connectivity index (χ1n) is 6.12. The van der Waals surface area contributed by atoms with Crippen molar-refractivity contribution in [3.05, 3.63) is 0 Å². The molecule has 1 aliphatic rings. The molecule has 0 aromatic carbocycles. The molecule has 0 N–H and O–H groups in total. The minimum Gasteiger partial charge on any atom is -0.463 e. The topological polar surface area (TPSA) is 71.1 Å². The summed E-state index contributed by atoms with van der Waals surface area (Å²) in [5.41, 5.74) is 0. The Morgan fingerprint density at radius 1 is 1.17 bits per heavy atom. The van der Waals surface area contributed by atoms with Gasteiger partial charge in [0, 0.05) is 12.8 Å². The molecule has 0 atom stereocenters. The summed E-state index contributed by atoms with van der Waals surface area (Å²) in [6, 6.07) is 0. The second-order valence-electron chi connectivity index (χ2n) is 4.36. The molecule has 0 saturated carbocycles. The van der Waals surface area contributed by atoms with Crippen molar-refractivity contribution in [1.82, 2.24) is 0 Å². The van der Waals surface area contributed by atoms with Gasteiger partial charge in [-0.1, -0.05) is 0 Å². The third-order valence-electron chi connectivity index (χ3n) is 2.20. The Bertz CT molecular complexity index is 270. The van der Waals surface area contributed by atoms with Crippen molar-refractivity contribution < 1.29 is 28.5 Å². The van der Waals surface area contributed by atoms with E-state index in [4.69, 9.17) is 18.9 Å². The number of hydrogen-bond acceptors (Lipinski definition) is 6. The van der Waals surface area contributed by atoms with Gasteiger partial charge in [0.05, 0.1) is 19.3 Å². The molecule has 0 unspecified atom stereocenters. The average Bonchev–Trinajstić information content (AvgIpc) is 2.29. The molecule has 6 heteroatoms. The van der Waals surface area contributed by atoms with Crippen molar-refractivity contribution in [1.29, 1.82) is 0 Å². The summed E-state index contributed by atoms with van der Waals surface area (Å²) in [5, 5.41) is 0. The molecule has 1 saturated heterocycles. The molecule has 104 valence electrons. The Labute approximate surface area is 107 Å². The molecule has 0 bridgehead atoms. The van der Waals surface area contributed by atoms with Crippen molar-refractivity contribution in [3.63, 3.8) is 0 Å². The van der Waals surface area contributed by atoms with Crippen molar-refractivity contribution >= 4 is 11.9 Å². The van der Waals surface area contributed by atoms with E-state index in [1.54, 1.807) is 13.8 Å². The van der Waals surface area contributed by atoms with Crippen LogP contribution in [0.2, 0.25) is 0 Å². The fourth-order valence-corrected chi connectivity index (χ4v) is 1.48. The Hall–Kier alpha value is -1.14. The second kappa shape index (κ2) is 8.05. The van der Waals surface area contributed by atoms with E-state index < -0.39 is 0 Å². The summed E-state index contributed by atoms with van der Waals surface area (Å²) in [5.74, 6) is -0.631. The van der Waals surface area contributed by atoms with E-state index in [-0.39, 0.29) is 43.8 Å². The predicted octanol–water partition coefficient (Wildman–Crippen LogP) is 1.02. The van der Waals surface area contributed by atoms with Crippen LogP contribution in [0.15, 0.2) is 0 Å². The molecule has 1 aliphatic heterocycles. The number of carbonyl (C=O) groups excluding carboxylic acids is 2. The van der Waals surface area contributed by atoms with Gasteiger partial charge in [0.2, 0.25) is 0 Å². The number of carbonyl (C=O) groups is 2. The highest BCUT2D eigenvalue weighted by molar-refractivity contribution is 5.72. The van der Waals surface area contributed by atoms with Crippen molar-refractivity contribution in [2.45, 2.75) is 45.3 Å². The summed E-state index contributed by atoms with van der Waals surface area (Å²) in [7, 11) is 0.